The molecule has 0 radical (unpaired) electrons. The Kier molecular flexibility index (Phi) is 5.22. The van der Waals surface area contributed by atoms with Crippen LogP contribution >= 0.6 is 0 Å². The van der Waals surface area contributed by atoms with Crippen LogP contribution in [0.4, 0.5) is 5.69 Å². The fraction of sp³-hybridized carbons (Fsp3) is 0.200. The number of carbonyl (C=O) groups excluding carboxylic acids is 1. The zero-order valence-electron chi connectivity index (χ0n) is 14.6. The number of hydrogen-bond acceptors (Lipinski definition) is 5. The second kappa shape index (κ2) is 7.74. The minimum Gasteiger partial charge on any atom is -0.497 e. The van der Waals surface area contributed by atoms with E-state index >= 15 is 0 Å². The normalized spacial score (nSPS) is 10.5. The molecule has 3 aromatic rings. The van der Waals surface area contributed by atoms with Crippen molar-refractivity contribution in [2.75, 3.05) is 19.0 Å². The van der Waals surface area contributed by atoms with Gasteiger partial charge in [-0.25, -0.2) is 4.79 Å². The van der Waals surface area contributed by atoms with Gasteiger partial charge in [-0.05, 0) is 36.2 Å². The Balaban J connectivity index is 1.69. The Hall–Kier alpha value is -3.28. The summed E-state index contributed by atoms with van der Waals surface area (Å²) >= 11 is 0. The predicted octanol–water partition coefficient (Wildman–Crippen LogP) is 3.38. The van der Waals surface area contributed by atoms with Crippen LogP contribution in [0, 0.1) is 0 Å². The summed E-state index contributed by atoms with van der Waals surface area (Å²) in [5.41, 5.74) is 1.58. The molecule has 2 aromatic carbocycles. The summed E-state index contributed by atoms with van der Waals surface area (Å²) in [5.74, 6) is 0.803. The molecule has 6 heteroatoms. The fourth-order valence-electron chi connectivity index (χ4n) is 2.64. The maximum absolute atomic E-state index is 12.1. The summed E-state index contributed by atoms with van der Waals surface area (Å²) in [6, 6.07) is 13.7. The van der Waals surface area contributed by atoms with E-state index in [1.165, 1.54) is 6.07 Å². The van der Waals surface area contributed by atoms with Gasteiger partial charge < -0.3 is 19.2 Å². The van der Waals surface area contributed by atoms with Crippen LogP contribution < -0.4 is 20.4 Å². The molecular formula is C20H19NO5. The van der Waals surface area contributed by atoms with E-state index < -0.39 is 5.63 Å². The van der Waals surface area contributed by atoms with Crippen LogP contribution in [0.1, 0.15) is 12.5 Å². The first-order valence-electron chi connectivity index (χ1n) is 8.22. The Labute approximate surface area is 150 Å². The molecule has 6 nitrogen and oxygen atoms in total. The largest absolute Gasteiger partial charge is 0.497 e. The highest BCUT2D eigenvalue weighted by molar-refractivity contribution is 5.92. The van der Waals surface area contributed by atoms with E-state index in [2.05, 4.69) is 5.32 Å². The lowest BCUT2D eigenvalue weighted by Crippen LogP contribution is -2.20. The van der Waals surface area contributed by atoms with Gasteiger partial charge in [0.25, 0.3) is 5.91 Å². The van der Waals surface area contributed by atoms with E-state index in [0.29, 0.717) is 22.8 Å². The number of nitrogens with one attached hydrogen (secondary N) is 1. The van der Waals surface area contributed by atoms with Gasteiger partial charge in [-0.3, -0.25) is 4.79 Å². The number of aryl methyl sites for hydroxylation is 1. The van der Waals surface area contributed by atoms with Crippen molar-refractivity contribution >= 4 is 22.6 Å². The number of hydrogen-bond donors (Lipinski definition) is 1. The number of carbonyl (C=O) groups is 1. The molecule has 0 bridgehead atoms. The molecule has 1 aromatic heterocycles. The van der Waals surface area contributed by atoms with Crippen molar-refractivity contribution in [3.05, 3.63) is 64.5 Å². The highest BCUT2D eigenvalue weighted by atomic mass is 16.5. The highest BCUT2D eigenvalue weighted by Crippen LogP contribution is 2.23. The van der Waals surface area contributed by atoms with Gasteiger partial charge >= 0.3 is 5.63 Å². The molecule has 0 unspecified atom stereocenters. The lowest BCUT2D eigenvalue weighted by molar-refractivity contribution is -0.118. The number of amides is 1. The van der Waals surface area contributed by atoms with E-state index in [1.807, 2.05) is 13.0 Å². The summed E-state index contributed by atoms with van der Waals surface area (Å²) in [6.45, 7) is 1.81. The Bertz CT molecular complexity index is 993. The fourth-order valence-corrected chi connectivity index (χ4v) is 2.64. The van der Waals surface area contributed by atoms with Gasteiger partial charge in [0, 0.05) is 29.3 Å². The van der Waals surface area contributed by atoms with Gasteiger partial charge in [0.2, 0.25) is 0 Å². The van der Waals surface area contributed by atoms with Gasteiger partial charge in [0.15, 0.2) is 6.61 Å². The van der Waals surface area contributed by atoms with Crippen molar-refractivity contribution in [2.45, 2.75) is 13.3 Å². The first-order chi connectivity index (χ1) is 12.6. The van der Waals surface area contributed by atoms with E-state index in [4.69, 9.17) is 13.9 Å². The van der Waals surface area contributed by atoms with Crippen LogP contribution in [0.25, 0.3) is 11.0 Å². The third-order valence-corrected chi connectivity index (χ3v) is 3.91. The molecule has 1 N–H and O–H groups in total. The Morgan fingerprint density at radius 2 is 1.96 bits per heavy atom. The minimum absolute atomic E-state index is 0.166. The van der Waals surface area contributed by atoms with E-state index in [1.54, 1.807) is 43.5 Å². The van der Waals surface area contributed by atoms with Crippen LogP contribution in [-0.2, 0) is 11.2 Å². The lowest BCUT2D eigenvalue weighted by atomic mass is 10.1. The third kappa shape index (κ3) is 4.03. The molecule has 0 atom stereocenters. The number of rotatable bonds is 6. The van der Waals surface area contributed by atoms with Gasteiger partial charge in [-0.1, -0.05) is 13.0 Å². The summed E-state index contributed by atoms with van der Waals surface area (Å²) in [6.07, 6.45) is 0.727. The number of fused-ring (bicyclic) bond motifs is 1. The zero-order chi connectivity index (χ0) is 18.5. The molecule has 0 aliphatic carbocycles. The molecule has 0 fully saturated rings. The molecule has 1 heterocycles. The molecule has 0 aliphatic heterocycles. The van der Waals surface area contributed by atoms with E-state index in [-0.39, 0.29) is 12.5 Å². The highest BCUT2D eigenvalue weighted by Gasteiger charge is 2.08. The molecule has 0 aliphatic rings. The molecule has 0 spiro atoms. The summed E-state index contributed by atoms with van der Waals surface area (Å²) in [4.78, 5) is 23.7. The smallest absolute Gasteiger partial charge is 0.336 e. The summed E-state index contributed by atoms with van der Waals surface area (Å²) < 4.78 is 15.9. The molecule has 0 saturated heterocycles. The van der Waals surface area contributed by atoms with Crippen LogP contribution in [-0.4, -0.2) is 19.6 Å². The SMILES string of the molecule is CCc1cc(=O)oc2cc(OCC(=O)Nc3cccc(OC)c3)ccc12. The standard InChI is InChI=1S/C20H19NO5/c1-3-13-9-20(23)26-18-11-16(7-8-17(13)18)25-12-19(22)21-14-5-4-6-15(10-14)24-2/h4-11H,3,12H2,1-2H3,(H,21,22). The van der Waals surface area contributed by atoms with Crippen LogP contribution in [0.15, 0.2) is 57.7 Å². The first-order valence-corrected chi connectivity index (χ1v) is 8.22. The first kappa shape index (κ1) is 17.5. The van der Waals surface area contributed by atoms with Crippen LogP contribution in [0.2, 0.25) is 0 Å². The van der Waals surface area contributed by atoms with Gasteiger partial charge in [-0.15, -0.1) is 0 Å². The van der Waals surface area contributed by atoms with Gasteiger partial charge in [-0.2, -0.15) is 0 Å². The number of ether oxygens (including phenoxy) is 2. The van der Waals surface area contributed by atoms with Crippen molar-refractivity contribution in [1.29, 1.82) is 0 Å². The van der Waals surface area contributed by atoms with E-state index in [0.717, 1.165) is 17.4 Å². The van der Waals surface area contributed by atoms with E-state index in [9.17, 15) is 9.59 Å². The molecule has 26 heavy (non-hydrogen) atoms. The molecule has 1 amide bonds. The maximum Gasteiger partial charge on any atom is 0.336 e. The summed E-state index contributed by atoms with van der Waals surface area (Å²) in [7, 11) is 1.56. The Morgan fingerprint density at radius 1 is 1.12 bits per heavy atom. The molecule has 134 valence electrons. The van der Waals surface area contributed by atoms with Crippen molar-refractivity contribution in [3.8, 4) is 11.5 Å². The number of benzene rings is 2. The van der Waals surface area contributed by atoms with Crippen molar-refractivity contribution < 1.29 is 18.7 Å². The quantitative estimate of drug-likeness (QED) is 0.688. The van der Waals surface area contributed by atoms with Crippen molar-refractivity contribution in [1.82, 2.24) is 0 Å². The van der Waals surface area contributed by atoms with Crippen molar-refractivity contribution in [2.24, 2.45) is 0 Å². The topological polar surface area (TPSA) is 77.8 Å². The molecular weight excluding hydrogens is 334 g/mol. The predicted molar refractivity (Wildman–Crippen MR) is 99.0 cm³/mol. The monoisotopic (exact) mass is 353 g/mol. The average Bonchev–Trinajstić information content (AvgIpc) is 2.65. The van der Waals surface area contributed by atoms with Gasteiger partial charge in [0.05, 0.1) is 7.11 Å². The average molecular weight is 353 g/mol. The third-order valence-electron chi connectivity index (χ3n) is 3.91. The molecule has 3 rings (SSSR count). The number of methoxy groups -OCH3 is 1. The van der Waals surface area contributed by atoms with Crippen LogP contribution in [0.5, 0.6) is 11.5 Å². The van der Waals surface area contributed by atoms with Crippen molar-refractivity contribution in [3.63, 3.8) is 0 Å². The van der Waals surface area contributed by atoms with Gasteiger partial charge in [0.1, 0.15) is 17.1 Å². The summed E-state index contributed by atoms with van der Waals surface area (Å²) in [5, 5.41) is 3.60. The second-order valence-corrected chi connectivity index (χ2v) is 5.67. The zero-order valence-corrected chi connectivity index (χ0v) is 14.6. The molecule has 0 saturated carbocycles. The minimum atomic E-state index is -0.401. The Morgan fingerprint density at radius 3 is 2.73 bits per heavy atom. The van der Waals surface area contributed by atoms with Crippen LogP contribution in [0.3, 0.4) is 0 Å². The second-order valence-electron chi connectivity index (χ2n) is 5.67. The maximum atomic E-state index is 12.1. The number of anilines is 1. The lowest BCUT2D eigenvalue weighted by Gasteiger charge is -2.09.